The Bertz CT molecular complexity index is 236. The van der Waals surface area contributed by atoms with Gasteiger partial charge in [0.1, 0.15) is 0 Å². The predicted octanol–water partition coefficient (Wildman–Crippen LogP) is 1.26. The minimum absolute atomic E-state index is 0.0650. The molecule has 0 amide bonds. The molecule has 0 aromatic heterocycles. The van der Waals surface area contributed by atoms with Crippen LogP contribution < -0.4 is 11.1 Å². The molecule has 1 fully saturated rings. The summed E-state index contributed by atoms with van der Waals surface area (Å²) in [6, 6.07) is 0.626. The molecule has 1 heterocycles. The number of aliphatic imine (C=N–C) groups is 1. The van der Waals surface area contributed by atoms with Crippen LogP contribution in [0.5, 0.6) is 0 Å². The van der Waals surface area contributed by atoms with Crippen LogP contribution in [0.25, 0.3) is 0 Å². The summed E-state index contributed by atoms with van der Waals surface area (Å²) < 4.78 is 5.63. The molecule has 0 aromatic carbocycles. The highest BCUT2D eigenvalue weighted by Gasteiger charge is 2.28. The zero-order valence-corrected chi connectivity index (χ0v) is 10.2. The second kappa shape index (κ2) is 4.84. The zero-order valence-electron chi connectivity index (χ0n) is 10.2. The van der Waals surface area contributed by atoms with E-state index in [1.54, 1.807) is 0 Å². The Morgan fingerprint density at radius 3 is 2.73 bits per heavy atom. The molecular weight excluding hydrogens is 190 g/mol. The lowest BCUT2D eigenvalue weighted by atomic mass is 9.94. The van der Waals surface area contributed by atoms with E-state index in [-0.39, 0.29) is 5.60 Å². The minimum atomic E-state index is -0.0650. The van der Waals surface area contributed by atoms with Gasteiger partial charge in [0, 0.05) is 12.6 Å². The Morgan fingerprint density at radius 2 is 2.20 bits per heavy atom. The predicted molar refractivity (Wildman–Crippen MR) is 62.9 cm³/mol. The molecule has 15 heavy (non-hydrogen) atoms. The molecule has 3 N–H and O–H groups in total. The molecule has 0 aromatic rings. The lowest BCUT2D eigenvalue weighted by molar-refractivity contribution is -0.0576. The van der Waals surface area contributed by atoms with Gasteiger partial charge in [-0.2, -0.15) is 0 Å². The first-order chi connectivity index (χ1) is 6.89. The van der Waals surface area contributed by atoms with E-state index >= 15 is 0 Å². The number of ether oxygens (including phenoxy) is 1. The Morgan fingerprint density at radius 1 is 1.53 bits per heavy atom. The summed E-state index contributed by atoms with van der Waals surface area (Å²) in [4.78, 5) is 4.48. The molecule has 1 saturated heterocycles. The standard InChI is InChI=1S/C11H23N3O/c1-8(2)13-10(12)14-9-5-6-15-11(3,4)7-9/h8-9H,5-7H2,1-4H3,(H3,12,13,14). The number of nitrogens with zero attached hydrogens (tertiary/aromatic N) is 1. The van der Waals surface area contributed by atoms with Crippen molar-refractivity contribution in [2.45, 2.75) is 58.2 Å². The van der Waals surface area contributed by atoms with Gasteiger partial charge >= 0.3 is 0 Å². The maximum atomic E-state index is 5.79. The molecule has 1 unspecified atom stereocenters. The molecule has 0 spiro atoms. The van der Waals surface area contributed by atoms with Gasteiger partial charge in [-0.25, -0.2) is 4.99 Å². The Hall–Kier alpha value is -0.770. The summed E-state index contributed by atoms with van der Waals surface area (Å²) in [6.45, 7) is 9.07. The minimum Gasteiger partial charge on any atom is -0.375 e. The summed E-state index contributed by atoms with van der Waals surface area (Å²) in [5.74, 6) is 0.549. The third kappa shape index (κ3) is 4.51. The van der Waals surface area contributed by atoms with E-state index in [9.17, 15) is 0 Å². The van der Waals surface area contributed by atoms with Crippen LogP contribution in [0.2, 0.25) is 0 Å². The van der Waals surface area contributed by atoms with Crippen molar-refractivity contribution in [1.82, 2.24) is 5.32 Å². The molecule has 4 heteroatoms. The average molecular weight is 213 g/mol. The molecule has 1 atom stereocenters. The largest absolute Gasteiger partial charge is 0.375 e. The first kappa shape index (κ1) is 12.3. The van der Waals surface area contributed by atoms with Crippen LogP contribution in [0.3, 0.4) is 0 Å². The number of hydrogen-bond acceptors (Lipinski definition) is 2. The summed E-state index contributed by atoms with van der Waals surface area (Å²) in [7, 11) is 0. The number of rotatable bonds is 2. The quantitative estimate of drug-likeness (QED) is 0.536. The molecule has 0 bridgehead atoms. The van der Waals surface area contributed by atoms with Crippen LogP contribution >= 0.6 is 0 Å². The van der Waals surface area contributed by atoms with Crippen LogP contribution in [-0.4, -0.2) is 30.3 Å². The van der Waals surface area contributed by atoms with Crippen molar-refractivity contribution in [2.24, 2.45) is 10.7 Å². The molecule has 0 aliphatic carbocycles. The van der Waals surface area contributed by atoms with Gasteiger partial charge in [0.2, 0.25) is 0 Å². The van der Waals surface area contributed by atoms with Crippen LogP contribution in [0, 0.1) is 0 Å². The van der Waals surface area contributed by atoms with Gasteiger partial charge in [0.25, 0.3) is 0 Å². The molecule has 4 nitrogen and oxygen atoms in total. The van der Waals surface area contributed by atoms with Crippen molar-refractivity contribution in [2.75, 3.05) is 6.61 Å². The van der Waals surface area contributed by atoms with Gasteiger partial charge in [0.05, 0.1) is 11.6 Å². The molecule has 88 valence electrons. The molecule has 1 aliphatic heterocycles. The summed E-state index contributed by atoms with van der Waals surface area (Å²) in [5.41, 5.74) is 5.73. The number of nitrogens with one attached hydrogen (secondary N) is 1. The molecular formula is C11H23N3O. The lowest BCUT2D eigenvalue weighted by Gasteiger charge is -2.33. The van der Waals surface area contributed by atoms with Gasteiger partial charge < -0.3 is 15.8 Å². The van der Waals surface area contributed by atoms with E-state index in [1.165, 1.54) is 0 Å². The molecule has 1 rings (SSSR count). The topological polar surface area (TPSA) is 59.6 Å². The molecule has 0 saturated carbocycles. The highest BCUT2D eigenvalue weighted by Crippen LogP contribution is 2.25. The number of nitrogens with two attached hydrogens (primary N) is 1. The highest BCUT2D eigenvalue weighted by molar-refractivity contribution is 5.78. The SMILES string of the molecule is CC(C)NC(N)=NC1CCOC(C)(C)C1. The van der Waals surface area contributed by atoms with Crippen molar-refractivity contribution >= 4 is 5.96 Å². The van der Waals surface area contributed by atoms with Gasteiger partial charge in [-0.15, -0.1) is 0 Å². The normalized spacial score (nSPS) is 26.7. The van der Waals surface area contributed by atoms with Crippen LogP contribution in [-0.2, 0) is 4.74 Å². The Kier molecular flexibility index (Phi) is 3.97. The van der Waals surface area contributed by atoms with Crippen molar-refractivity contribution in [1.29, 1.82) is 0 Å². The second-order valence-electron chi connectivity index (χ2n) is 5.07. The maximum Gasteiger partial charge on any atom is 0.189 e. The fourth-order valence-electron chi connectivity index (χ4n) is 1.84. The van der Waals surface area contributed by atoms with E-state index in [4.69, 9.17) is 10.5 Å². The van der Waals surface area contributed by atoms with Crippen LogP contribution in [0.15, 0.2) is 4.99 Å². The van der Waals surface area contributed by atoms with Crippen molar-refractivity contribution in [3.8, 4) is 0 Å². The average Bonchev–Trinajstić information content (AvgIpc) is 1.99. The van der Waals surface area contributed by atoms with Gasteiger partial charge in [-0.1, -0.05) is 0 Å². The molecule has 0 radical (unpaired) electrons. The fraction of sp³-hybridized carbons (Fsp3) is 0.909. The first-order valence-corrected chi connectivity index (χ1v) is 5.63. The summed E-state index contributed by atoms with van der Waals surface area (Å²) in [5, 5.41) is 3.10. The van der Waals surface area contributed by atoms with E-state index < -0.39 is 0 Å². The number of guanidine groups is 1. The first-order valence-electron chi connectivity index (χ1n) is 5.63. The third-order valence-corrected chi connectivity index (χ3v) is 2.43. The monoisotopic (exact) mass is 213 g/mol. The van der Waals surface area contributed by atoms with E-state index in [0.29, 0.717) is 18.0 Å². The fourth-order valence-corrected chi connectivity index (χ4v) is 1.84. The van der Waals surface area contributed by atoms with Crippen molar-refractivity contribution < 1.29 is 4.74 Å². The highest BCUT2D eigenvalue weighted by atomic mass is 16.5. The smallest absolute Gasteiger partial charge is 0.189 e. The Balaban J connectivity index is 2.50. The van der Waals surface area contributed by atoms with Crippen molar-refractivity contribution in [3.63, 3.8) is 0 Å². The van der Waals surface area contributed by atoms with Crippen LogP contribution in [0.4, 0.5) is 0 Å². The van der Waals surface area contributed by atoms with Crippen LogP contribution in [0.1, 0.15) is 40.5 Å². The third-order valence-electron chi connectivity index (χ3n) is 2.43. The van der Waals surface area contributed by atoms with Gasteiger partial charge in [0.15, 0.2) is 5.96 Å². The lowest BCUT2D eigenvalue weighted by Crippen LogP contribution is -2.41. The Labute approximate surface area is 92.3 Å². The zero-order chi connectivity index (χ0) is 11.5. The summed E-state index contributed by atoms with van der Waals surface area (Å²) in [6.07, 6.45) is 1.90. The second-order valence-corrected chi connectivity index (χ2v) is 5.07. The molecule has 1 aliphatic rings. The van der Waals surface area contributed by atoms with Gasteiger partial charge in [-0.3, -0.25) is 0 Å². The number of hydrogen-bond donors (Lipinski definition) is 2. The van der Waals surface area contributed by atoms with E-state index in [0.717, 1.165) is 19.4 Å². The summed E-state index contributed by atoms with van der Waals surface area (Å²) >= 11 is 0. The van der Waals surface area contributed by atoms with E-state index in [1.807, 2.05) is 0 Å². The van der Waals surface area contributed by atoms with Crippen molar-refractivity contribution in [3.05, 3.63) is 0 Å². The van der Waals surface area contributed by atoms with Gasteiger partial charge in [-0.05, 0) is 40.5 Å². The van der Waals surface area contributed by atoms with E-state index in [2.05, 4.69) is 38.0 Å². The maximum absolute atomic E-state index is 5.79.